The van der Waals surface area contributed by atoms with Gasteiger partial charge in [0.1, 0.15) is 18.6 Å². The standard InChI is InChI=1S/C7H7O2/c1-9-7-4-2-3-6(8)5-7/h2-5,8H,1H2. The van der Waals surface area contributed by atoms with Crippen LogP contribution in [0.2, 0.25) is 0 Å². The fraction of sp³-hybridized carbons (Fsp3) is 0. The van der Waals surface area contributed by atoms with Crippen molar-refractivity contribution in [2.75, 3.05) is 0 Å². The molecule has 0 amide bonds. The second-order valence-electron chi connectivity index (χ2n) is 1.64. The Kier molecular flexibility index (Phi) is 1.58. The highest BCUT2D eigenvalue weighted by atomic mass is 16.5. The number of aromatic hydroxyl groups is 1. The van der Waals surface area contributed by atoms with Gasteiger partial charge < -0.3 is 9.84 Å². The number of phenols is 1. The highest BCUT2D eigenvalue weighted by molar-refractivity contribution is 5.31. The van der Waals surface area contributed by atoms with Gasteiger partial charge in [0.25, 0.3) is 0 Å². The van der Waals surface area contributed by atoms with E-state index in [2.05, 4.69) is 11.8 Å². The van der Waals surface area contributed by atoms with Gasteiger partial charge in [0.15, 0.2) is 0 Å². The zero-order valence-corrected chi connectivity index (χ0v) is 4.87. The Bertz CT molecular complexity index is 196. The van der Waals surface area contributed by atoms with Crippen molar-refractivity contribution in [1.82, 2.24) is 0 Å². The molecule has 0 aliphatic heterocycles. The Morgan fingerprint density at radius 1 is 1.44 bits per heavy atom. The lowest BCUT2D eigenvalue weighted by molar-refractivity contribution is 0.450. The van der Waals surface area contributed by atoms with Crippen LogP contribution in [-0.2, 0) is 0 Å². The van der Waals surface area contributed by atoms with Gasteiger partial charge in [0.05, 0.1) is 0 Å². The summed E-state index contributed by atoms with van der Waals surface area (Å²) in [7, 11) is 3.19. The van der Waals surface area contributed by atoms with Crippen LogP contribution in [0.5, 0.6) is 11.5 Å². The molecule has 0 fully saturated rings. The molecule has 2 heteroatoms. The third-order valence-corrected chi connectivity index (χ3v) is 0.984. The highest BCUT2D eigenvalue weighted by Crippen LogP contribution is 2.16. The van der Waals surface area contributed by atoms with Crippen LogP contribution in [0.3, 0.4) is 0 Å². The number of hydrogen-bond donors (Lipinski definition) is 1. The summed E-state index contributed by atoms with van der Waals surface area (Å²) >= 11 is 0. The Morgan fingerprint density at radius 3 is 2.67 bits per heavy atom. The molecule has 1 rings (SSSR count). The van der Waals surface area contributed by atoms with E-state index in [0.717, 1.165) is 0 Å². The van der Waals surface area contributed by atoms with Gasteiger partial charge >= 0.3 is 0 Å². The third-order valence-electron chi connectivity index (χ3n) is 0.984. The van der Waals surface area contributed by atoms with Crippen LogP contribution < -0.4 is 4.74 Å². The van der Waals surface area contributed by atoms with Crippen LogP contribution in [0.25, 0.3) is 0 Å². The normalized spacial score (nSPS) is 9.00. The number of benzene rings is 1. The maximum Gasteiger partial charge on any atom is 0.123 e. The average molecular weight is 123 g/mol. The van der Waals surface area contributed by atoms with Crippen LogP contribution in [0.4, 0.5) is 0 Å². The SMILES string of the molecule is [CH2]Oc1cccc(O)c1. The molecular formula is C7H7O2. The van der Waals surface area contributed by atoms with Gasteiger partial charge in [-0.15, -0.1) is 0 Å². The monoisotopic (exact) mass is 123 g/mol. The lowest BCUT2D eigenvalue weighted by Gasteiger charge is -1.96. The second kappa shape index (κ2) is 2.40. The Morgan fingerprint density at radius 2 is 2.22 bits per heavy atom. The molecule has 0 atom stereocenters. The van der Waals surface area contributed by atoms with Crippen molar-refractivity contribution in [3.05, 3.63) is 31.4 Å². The van der Waals surface area contributed by atoms with E-state index in [1.807, 2.05) is 0 Å². The molecule has 1 aromatic carbocycles. The summed E-state index contributed by atoms with van der Waals surface area (Å²) in [5.41, 5.74) is 0. The van der Waals surface area contributed by atoms with Gasteiger partial charge in [0.2, 0.25) is 0 Å². The van der Waals surface area contributed by atoms with E-state index >= 15 is 0 Å². The van der Waals surface area contributed by atoms with Gasteiger partial charge in [-0.05, 0) is 12.1 Å². The minimum atomic E-state index is 0.191. The van der Waals surface area contributed by atoms with Crippen molar-refractivity contribution >= 4 is 0 Å². The van der Waals surface area contributed by atoms with Gasteiger partial charge in [-0.25, -0.2) is 0 Å². The summed E-state index contributed by atoms with van der Waals surface area (Å²) < 4.78 is 4.58. The van der Waals surface area contributed by atoms with E-state index < -0.39 is 0 Å². The molecule has 0 bridgehead atoms. The molecule has 0 aliphatic carbocycles. The molecule has 0 aromatic heterocycles. The first-order chi connectivity index (χ1) is 4.33. The highest BCUT2D eigenvalue weighted by Gasteiger charge is 1.89. The van der Waals surface area contributed by atoms with Gasteiger partial charge in [-0.2, -0.15) is 0 Å². The molecule has 0 heterocycles. The van der Waals surface area contributed by atoms with E-state index in [4.69, 9.17) is 5.11 Å². The first-order valence-electron chi connectivity index (χ1n) is 2.54. The maximum absolute atomic E-state index is 8.84. The molecule has 0 unspecified atom stereocenters. The predicted octanol–water partition coefficient (Wildman–Crippen LogP) is 1.56. The summed E-state index contributed by atoms with van der Waals surface area (Å²) in [6.45, 7) is 0. The molecule has 0 saturated heterocycles. The molecular weight excluding hydrogens is 116 g/mol. The van der Waals surface area contributed by atoms with Crippen LogP contribution in [0.15, 0.2) is 24.3 Å². The molecule has 1 radical (unpaired) electrons. The molecule has 9 heavy (non-hydrogen) atoms. The zero-order chi connectivity index (χ0) is 6.69. The first kappa shape index (κ1) is 5.95. The Hall–Kier alpha value is -1.18. The minimum absolute atomic E-state index is 0.191. The van der Waals surface area contributed by atoms with Crippen LogP contribution in [-0.4, -0.2) is 5.11 Å². The molecule has 0 aliphatic rings. The topological polar surface area (TPSA) is 29.5 Å². The van der Waals surface area contributed by atoms with Crippen molar-refractivity contribution in [2.24, 2.45) is 0 Å². The lowest BCUT2D eigenvalue weighted by Crippen LogP contribution is -1.76. The summed E-state index contributed by atoms with van der Waals surface area (Å²) in [6.07, 6.45) is 0. The Labute approximate surface area is 53.7 Å². The zero-order valence-electron chi connectivity index (χ0n) is 4.87. The number of ether oxygens (including phenoxy) is 1. The summed E-state index contributed by atoms with van der Waals surface area (Å²) in [6, 6.07) is 6.47. The minimum Gasteiger partial charge on any atom is -0.508 e. The number of hydrogen-bond acceptors (Lipinski definition) is 2. The van der Waals surface area contributed by atoms with Crippen LogP contribution in [0, 0.1) is 7.11 Å². The molecule has 2 nitrogen and oxygen atoms in total. The summed E-state index contributed by atoms with van der Waals surface area (Å²) in [4.78, 5) is 0. The quantitative estimate of drug-likeness (QED) is 0.614. The van der Waals surface area contributed by atoms with Crippen LogP contribution in [0.1, 0.15) is 0 Å². The fourth-order valence-electron chi connectivity index (χ4n) is 0.573. The summed E-state index contributed by atoms with van der Waals surface area (Å²) in [5, 5.41) is 8.84. The van der Waals surface area contributed by atoms with Crippen LogP contribution >= 0.6 is 0 Å². The maximum atomic E-state index is 8.84. The van der Waals surface area contributed by atoms with E-state index in [1.165, 1.54) is 6.07 Å². The van der Waals surface area contributed by atoms with Crippen molar-refractivity contribution in [2.45, 2.75) is 0 Å². The predicted molar refractivity (Wildman–Crippen MR) is 34.1 cm³/mol. The molecule has 1 N–H and O–H groups in total. The van der Waals surface area contributed by atoms with E-state index in [-0.39, 0.29) is 5.75 Å². The van der Waals surface area contributed by atoms with Gasteiger partial charge in [0, 0.05) is 6.07 Å². The third kappa shape index (κ3) is 1.35. The molecule has 0 saturated carbocycles. The average Bonchev–Trinajstić information content (AvgIpc) is 1.88. The first-order valence-corrected chi connectivity index (χ1v) is 2.54. The van der Waals surface area contributed by atoms with E-state index in [0.29, 0.717) is 5.75 Å². The van der Waals surface area contributed by atoms with Crippen molar-refractivity contribution < 1.29 is 9.84 Å². The summed E-state index contributed by atoms with van der Waals surface area (Å²) in [5.74, 6) is 0.756. The number of phenolic OH excluding ortho intramolecular Hbond substituents is 1. The second-order valence-corrected chi connectivity index (χ2v) is 1.64. The molecule has 0 spiro atoms. The number of rotatable bonds is 1. The lowest BCUT2D eigenvalue weighted by atomic mass is 10.3. The van der Waals surface area contributed by atoms with Gasteiger partial charge in [-0.1, -0.05) is 6.07 Å². The Balaban J connectivity index is 2.94. The van der Waals surface area contributed by atoms with Crippen molar-refractivity contribution in [3.63, 3.8) is 0 Å². The molecule has 47 valence electrons. The largest absolute Gasteiger partial charge is 0.508 e. The fourth-order valence-corrected chi connectivity index (χ4v) is 0.573. The molecule has 1 aromatic rings. The van der Waals surface area contributed by atoms with E-state index in [1.54, 1.807) is 18.2 Å². The smallest absolute Gasteiger partial charge is 0.123 e. The van der Waals surface area contributed by atoms with E-state index in [9.17, 15) is 0 Å². The van der Waals surface area contributed by atoms with Crippen molar-refractivity contribution in [1.29, 1.82) is 0 Å². The van der Waals surface area contributed by atoms with Gasteiger partial charge in [-0.3, -0.25) is 0 Å². The van der Waals surface area contributed by atoms with Crippen molar-refractivity contribution in [3.8, 4) is 11.5 Å².